The Bertz CT molecular complexity index is 285. The van der Waals surface area contributed by atoms with E-state index in [1.807, 2.05) is 6.07 Å². The molecule has 1 unspecified atom stereocenters. The zero-order valence-corrected chi connectivity index (χ0v) is 9.75. The van der Waals surface area contributed by atoms with Crippen LogP contribution >= 0.6 is 0 Å². The maximum absolute atomic E-state index is 5.56. The molecule has 15 heavy (non-hydrogen) atoms. The lowest BCUT2D eigenvalue weighted by Gasteiger charge is -2.33. The highest BCUT2D eigenvalue weighted by Crippen LogP contribution is 2.47. The molecule has 0 saturated heterocycles. The molecule has 0 radical (unpaired) electrons. The average Bonchev–Trinajstić information content (AvgIpc) is 2.85. The lowest BCUT2D eigenvalue weighted by molar-refractivity contribution is 0.199. The molecule has 1 atom stereocenters. The van der Waals surface area contributed by atoms with E-state index in [1.54, 1.807) is 6.26 Å². The van der Waals surface area contributed by atoms with Crippen LogP contribution in [0.25, 0.3) is 0 Å². The molecule has 0 spiro atoms. The molecule has 1 aliphatic carbocycles. The predicted octanol–water partition coefficient (Wildman–Crippen LogP) is 3.51. The standard InChI is InChI=1S/C13H21NO/c1-3-14-12(11-7-6-10-15-11)13(2)8-4-5-9-13/h6-7,10,12,14H,3-5,8-9H2,1-2H3. The minimum absolute atomic E-state index is 0.383. The van der Waals surface area contributed by atoms with Crippen molar-refractivity contribution in [3.63, 3.8) is 0 Å². The summed E-state index contributed by atoms with van der Waals surface area (Å²) in [4.78, 5) is 0. The van der Waals surface area contributed by atoms with Crippen LogP contribution in [0.15, 0.2) is 22.8 Å². The molecule has 84 valence electrons. The van der Waals surface area contributed by atoms with Gasteiger partial charge in [-0.2, -0.15) is 0 Å². The van der Waals surface area contributed by atoms with Crippen LogP contribution in [-0.4, -0.2) is 6.54 Å². The van der Waals surface area contributed by atoms with Gasteiger partial charge < -0.3 is 9.73 Å². The van der Waals surface area contributed by atoms with Gasteiger partial charge in [-0.3, -0.25) is 0 Å². The molecule has 0 aromatic carbocycles. The second-order valence-electron chi connectivity index (χ2n) is 4.87. The Hall–Kier alpha value is -0.760. The van der Waals surface area contributed by atoms with Crippen molar-refractivity contribution < 1.29 is 4.42 Å². The van der Waals surface area contributed by atoms with Crippen LogP contribution in [0.1, 0.15) is 51.3 Å². The molecule has 1 aromatic heterocycles. The zero-order chi connectivity index (χ0) is 10.7. The van der Waals surface area contributed by atoms with Gasteiger partial charge in [-0.15, -0.1) is 0 Å². The highest BCUT2D eigenvalue weighted by atomic mass is 16.3. The molecule has 1 saturated carbocycles. The maximum atomic E-state index is 5.56. The van der Waals surface area contributed by atoms with Crippen molar-refractivity contribution in [2.45, 2.75) is 45.6 Å². The topological polar surface area (TPSA) is 25.2 Å². The molecule has 0 aliphatic heterocycles. The first-order valence-corrected chi connectivity index (χ1v) is 6.03. The lowest BCUT2D eigenvalue weighted by Crippen LogP contribution is -2.34. The van der Waals surface area contributed by atoms with Crippen molar-refractivity contribution in [1.82, 2.24) is 5.32 Å². The predicted molar refractivity (Wildman–Crippen MR) is 61.7 cm³/mol. The van der Waals surface area contributed by atoms with Crippen LogP contribution < -0.4 is 5.32 Å². The summed E-state index contributed by atoms with van der Waals surface area (Å²) >= 11 is 0. The number of furan rings is 1. The number of rotatable bonds is 4. The second-order valence-corrected chi connectivity index (χ2v) is 4.87. The zero-order valence-electron chi connectivity index (χ0n) is 9.75. The summed E-state index contributed by atoms with van der Waals surface area (Å²) in [6.07, 6.45) is 7.12. The van der Waals surface area contributed by atoms with E-state index in [4.69, 9.17) is 4.42 Å². The van der Waals surface area contributed by atoms with Crippen molar-refractivity contribution >= 4 is 0 Å². The summed E-state index contributed by atoms with van der Waals surface area (Å²) in [5.74, 6) is 1.10. The molecule has 2 nitrogen and oxygen atoms in total. The third kappa shape index (κ3) is 2.10. The normalized spacial score (nSPS) is 21.7. The van der Waals surface area contributed by atoms with Crippen LogP contribution in [0.4, 0.5) is 0 Å². The van der Waals surface area contributed by atoms with E-state index in [2.05, 4.69) is 25.2 Å². The van der Waals surface area contributed by atoms with Gasteiger partial charge in [-0.25, -0.2) is 0 Å². The summed E-state index contributed by atoms with van der Waals surface area (Å²) in [5, 5.41) is 3.57. The highest BCUT2D eigenvalue weighted by Gasteiger charge is 2.38. The van der Waals surface area contributed by atoms with Gasteiger partial charge >= 0.3 is 0 Å². The molecule has 1 fully saturated rings. The Morgan fingerprint density at radius 3 is 2.73 bits per heavy atom. The fourth-order valence-electron chi connectivity index (χ4n) is 2.82. The van der Waals surface area contributed by atoms with Crippen LogP contribution in [0.5, 0.6) is 0 Å². The summed E-state index contributed by atoms with van der Waals surface area (Å²) < 4.78 is 5.56. The van der Waals surface area contributed by atoms with Crippen molar-refractivity contribution in [1.29, 1.82) is 0 Å². The van der Waals surface area contributed by atoms with Gasteiger partial charge in [0.1, 0.15) is 5.76 Å². The largest absolute Gasteiger partial charge is 0.468 e. The van der Waals surface area contributed by atoms with Crippen LogP contribution in [-0.2, 0) is 0 Å². The van der Waals surface area contributed by atoms with E-state index in [0.717, 1.165) is 12.3 Å². The van der Waals surface area contributed by atoms with Gasteiger partial charge in [0.15, 0.2) is 0 Å². The van der Waals surface area contributed by atoms with Crippen molar-refractivity contribution in [3.05, 3.63) is 24.2 Å². The Labute approximate surface area is 92.1 Å². The van der Waals surface area contributed by atoms with Gasteiger partial charge in [0.05, 0.1) is 12.3 Å². The molecule has 1 aliphatic rings. The molecular weight excluding hydrogens is 186 g/mol. The minimum Gasteiger partial charge on any atom is -0.468 e. The van der Waals surface area contributed by atoms with E-state index >= 15 is 0 Å². The Balaban J connectivity index is 2.19. The molecule has 1 N–H and O–H groups in total. The van der Waals surface area contributed by atoms with Gasteiger partial charge in [-0.1, -0.05) is 26.7 Å². The summed E-state index contributed by atoms with van der Waals surface area (Å²) in [6, 6.07) is 4.47. The van der Waals surface area contributed by atoms with E-state index in [9.17, 15) is 0 Å². The summed E-state index contributed by atoms with van der Waals surface area (Å²) in [5.41, 5.74) is 0.383. The Kier molecular flexibility index (Phi) is 3.15. The quantitative estimate of drug-likeness (QED) is 0.817. The molecule has 0 amide bonds. The van der Waals surface area contributed by atoms with Crippen LogP contribution in [0.2, 0.25) is 0 Å². The van der Waals surface area contributed by atoms with Gasteiger partial charge in [-0.05, 0) is 36.9 Å². The van der Waals surface area contributed by atoms with Gasteiger partial charge in [0.2, 0.25) is 0 Å². The van der Waals surface area contributed by atoms with Crippen LogP contribution in [0.3, 0.4) is 0 Å². The smallest absolute Gasteiger partial charge is 0.121 e. The molecular formula is C13H21NO. The third-order valence-electron chi connectivity index (χ3n) is 3.68. The molecule has 1 heterocycles. The fourth-order valence-corrected chi connectivity index (χ4v) is 2.82. The van der Waals surface area contributed by atoms with E-state index in [0.29, 0.717) is 11.5 Å². The number of hydrogen-bond donors (Lipinski definition) is 1. The molecule has 1 aromatic rings. The monoisotopic (exact) mass is 207 g/mol. The Morgan fingerprint density at radius 1 is 1.47 bits per heavy atom. The molecule has 0 bridgehead atoms. The van der Waals surface area contributed by atoms with E-state index in [1.165, 1.54) is 25.7 Å². The summed E-state index contributed by atoms with van der Waals surface area (Å²) in [6.45, 7) is 5.55. The highest BCUT2D eigenvalue weighted by molar-refractivity contribution is 5.10. The minimum atomic E-state index is 0.383. The first-order chi connectivity index (χ1) is 7.26. The number of hydrogen-bond acceptors (Lipinski definition) is 2. The first kappa shape index (κ1) is 10.7. The van der Waals surface area contributed by atoms with E-state index < -0.39 is 0 Å². The summed E-state index contributed by atoms with van der Waals surface area (Å²) in [7, 11) is 0. The van der Waals surface area contributed by atoms with Crippen LogP contribution in [0, 0.1) is 5.41 Å². The second kappa shape index (κ2) is 4.40. The first-order valence-electron chi connectivity index (χ1n) is 6.03. The van der Waals surface area contributed by atoms with Gasteiger partial charge in [0.25, 0.3) is 0 Å². The van der Waals surface area contributed by atoms with Gasteiger partial charge in [0, 0.05) is 0 Å². The van der Waals surface area contributed by atoms with Crippen molar-refractivity contribution in [3.8, 4) is 0 Å². The fraction of sp³-hybridized carbons (Fsp3) is 0.692. The Morgan fingerprint density at radius 2 is 2.20 bits per heavy atom. The van der Waals surface area contributed by atoms with Crippen molar-refractivity contribution in [2.24, 2.45) is 5.41 Å². The molecule has 2 rings (SSSR count). The third-order valence-corrected chi connectivity index (χ3v) is 3.68. The molecule has 2 heteroatoms. The average molecular weight is 207 g/mol. The van der Waals surface area contributed by atoms with Crippen molar-refractivity contribution in [2.75, 3.05) is 6.54 Å². The number of nitrogens with one attached hydrogen (secondary N) is 1. The van der Waals surface area contributed by atoms with E-state index in [-0.39, 0.29) is 0 Å². The SMILES string of the molecule is CCNC(c1ccco1)C1(C)CCCC1. The lowest BCUT2D eigenvalue weighted by atomic mass is 9.79. The maximum Gasteiger partial charge on any atom is 0.121 e.